The molecule has 0 spiro atoms. The van der Waals surface area contributed by atoms with Gasteiger partial charge in [-0.05, 0) is 32.9 Å². The van der Waals surface area contributed by atoms with Crippen LogP contribution < -0.4 is 0 Å². The molecular weight excluding hydrogens is 233 g/mol. The van der Waals surface area contributed by atoms with Crippen molar-refractivity contribution >= 4 is 5.97 Å². The topological polar surface area (TPSA) is 26.3 Å². The maximum absolute atomic E-state index is 12.6. The van der Waals surface area contributed by atoms with Crippen molar-refractivity contribution in [2.24, 2.45) is 0 Å². The number of alkyl halides is 3. The third-order valence-corrected chi connectivity index (χ3v) is 1.85. The predicted molar refractivity (Wildman–Crippen MR) is 56.6 cm³/mol. The molecule has 1 aromatic carbocycles. The highest BCUT2D eigenvalue weighted by molar-refractivity contribution is 5.91. The fourth-order valence-corrected chi connectivity index (χ4v) is 1.24. The SMILES string of the molecule is CC(C)(C)OC(=O)c1ccccc1C(F)(F)F. The van der Waals surface area contributed by atoms with Crippen LogP contribution in [0.5, 0.6) is 0 Å². The quantitative estimate of drug-likeness (QED) is 0.707. The Morgan fingerprint density at radius 2 is 1.65 bits per heavy atom. The zero-order valence-electron chi connectivity index (χ0n) is 9.76. The Hall–Kier alpha value is -1.52. The lowest BCUT2D eigenvalue weighted by atomic mass is 10.1. The van der Waals surface area contributed by atoms with Gasteiger partial charge in [-0.15, -0.1) is 0 Å². The highest BCUT2D eigenvalue weighted by Crippen LogP contribution is 2.32. The van der Waals surface area contributed by atoms with Crippen LogP contribution in [0.1, 0.15) is 36.7 Å². The third kappa shape index (κ3) is 3.76. The van der Waals surface area contributed by atoms with E-state index in [4.69, 9.17) is 4.74 Å². The first-order valence-corrected chi connectivity index (χ1v) is 5.01. The highest BCUT2D eigenvalue weighted by atomic mass is 19.4. The largest absolute Gasteiger partial charge is 0.456 e. The Labute approximate surface area is 97.4 Å². The fraction of sp³-hybridized carbons (Fsp3) is 0.417. The minimum atomic E-state index is -4.56. The minimum Gasteiger partial charge on any atom is -0.456 e. The summed E-state index contributed by atoms with van der Waals surface area (Å²) in [7, 11) is 0. The van der Waals surface area contributed by atoms with Crippen molar-refractivity contribution in [2.45, 2.75) is 32.5 Å². The molecule has 0 aromatic heterocycles. The standard InChI is InChI=1S/C12H13F3O2/c1-11(2,3)17-10(16)8-6-4-5-7-9(8)12(13,14)15/h4-7H,1-3H3. The zero-order valence-corrected chi connectivity index (χ0v) is 9.76. The van der Waals surface area contributed by atoms with Crippen molar-refractivity contribution in [3.8, 4) is 0 Å². The van der Waals surface area contributed by atoms with Gasteiger partial charge in [-0.1, -0.05) is 12.1 Å². The molecule has 2 nitrogen and oxygen atoms in total. The van der Waals surface area contributed by atoms with Gasteiger partial charge in [0.1, 0.15) is 5.60 Å². The minimum absolute atomic E-state index is 0.463. The van der Waals surface area contributed by atoms with Crippen LogP contribution in [0, 0.1) is 0 Å². The van der Waals surface area contributed by atoms with Gasteiger partial charge in [0.2, 0.25) is 0 Å². The number of benzene rings is 1. The van der Waals surface area contributed by atoms with Gasteiger partial charge in [-0.25, -0.2) is 4.79 Å². The van der Waals surface area contributed by atoms with Crippen LogP contribution >= 0.6 is 0 Å². The van der Waals surface area contributed by atoms with Crippen LogP contribution in [-0.4, -0.2) is 11.6 Å². The first-order valence-electron chi connectivity index (χ1n) is 5.01. The molecule has 0 amide bonds. The van der Waals surface area contributed by atoms with Gasteiger partial charge in [0, 0.05) is 0 Å². The van der Waals surface area contributed by atoms with Crippen LogP contribution in [0.15, 0.2) is 24.3 Å². The lowest BCUT2D eigenvalue weighted by Crippen LogP contribution is -2.25. The summed E-state index contributed by atoms with van der Waals surface area (Å²) >= 11 is 0. The molecule has 0 aliphatic rings. The molecule has 0 radical (unpaired) electrons. The number of hydrogen-bond donors (Lipinski definition) is 0. The van der Waals surface area contributed by atoms with Gasteiger partial charge in [-0.2, -0.15) is 13.2 Å². The number of carbonyl (C=O) groups is 1. The molecule has 1 rings (SSSR count). The third-order valence-electron chi connectivity index (χ3n) is 1.85. The van der Waals surface area contributed by atoms with Crippen molar-refractivity contribution < 1.29 is 22.7 Å². The Morgan fingerprint density at radius 3 is 2.12 bits per heavy atom. The van der Waals surface area contributed by atoms with Crippen molar-refractivity contribution in [1.29, 1.82) is 0 Å². The van der Waals surface area contributed by atoms with Gasteiger partial charge >= 0.3 is 12.1 Å². The molecule has 1 aromatic rings. The lowest BCUT2D eigenvalue weighted by molar-refractivity contribution is -0.138. The van der Waals surface area contributed by atoms with Gasteiger partial charge in [0.25, 0.3) is 0 Å². The molecule has 0 saturated carbocycles. The number of hydrogen-bond acceptors (Lipinski definition) is 2. The van der Waals surface area contributed by atoms with E-state index >= 15 is 0 Å². The molecule has 0 aliphatic heterocycles. The van der Waals surface area contributed by atoms with Gasteiger partial charge in [0.05, 0.1) is 11.1 Å². The summed E-state index contributed by atoms with van der Waals surface area (Å²) < 4.78 is 42.8. The van der Waals surface area contributed by atoms with Crippen LogP contribution in [0.3, 0.4) is 0 Å². The summed E-state index contributed by atoms with van der Waals surface area (Å²) in [4.78, 5) is 11.6. The van der Waals surface area contributed by atoms with E-state index in [2.05, 4.69) is 0 Å². The summed E-state index contributed by atoms with van der Waals surface area (Å²) in [6.07, 6.45) is -4.56. The number of carbonyl (C=O) groups excluding carboxylic acids is 1. The molecule has 0 bridgehead atoms. The lowest BCUT2D eigenvalue weighted by Gasteiger charge is -2.21. The Bertz CT molecular complexity index is 416. The second kappa shape index (κ2) is 4.39. The summed E-state index contributed by atoms with van der Waals surface area (Å²) in [5.74, 6) is -0.967. The first-order chi connectivity index (χ1) is 7.61. The zero-order chi connectivity index (χ0) is 13.3. The molecule has 0 atom stereocenters. The molecule has 17 heavy (non-hydrogen) atoms. The monoisotopic (exact) mass is 246 g/mol. The van der Waals surface area contributed by atoms with Crippen molar-refractivity contribution in [3.63, 3.8) is 0 Å². The van der Waals surface area contributed by atoms with Crippen LogP contribution in [0.2, 0.25) is 0 Å². The van der Waals surface area contributed by atoms with Gasteiger partial charge in [0.15, 0.2) is 0 Å². The Morgan fingerprint density at radius 1 is 1.12 bits per heavy atom. The Kier molecular flexibility index (Phi) is 3.50. The normalized spacial score (nSPS) is 12.4. The van der Waals surface area contributed by atoms with E-state index in [1.54, 1.807) is 20.8 Å². The molecule has 0 fully saturated rings. The van der Waals surface area contributed by atoms with E-state index in [9.17, 15) is 18.0 Å². The van der Waals surface area contributed by atoms with Crippen molar-refractivity contribution in [3.05, 3.63) is 35.4 Å². The molecule has 94 valence electrons. The maximum atomic E-state index is 12.6. The van der Waals surface area contributed by atoms with E-state index in [0.717, 1.165) is 12.1 Å². The molecule has 0 saturated heterocycles. The van der Waals surface area contributed by atoms with E-state index < -0.39 is 28.9 Å². The molecule has 0 unspecified atom stereocenters. The van der Waals surface area contributed by atoms with E-state index in [1.807, 2.05) is 0 Å². The number of rotatable bonds is 1. The molecule has 0 aliphatic carbocycles. The van der Waals surface area contributed by atoms with Gasteiger partial charge in [-0.3, -0.25) is 0 Å². The van der Waals surface area contributed by atoms with Crippen LogP contribution in [0.4, 0.5) is 13.2 Å². The summed E-state index contributed by atoms with van der Waals surface area (Å²) in [5, 5.41) is 0. The predicted octanol–water partition coefficient (Wildman–Crippen LogP) is 3.66. The number of esters is 1. The maximum Gasteiger partial charge on any atom is 0.417 e. The number of halogens is 3. The first kappa shape index (κ1) is 13.5. The summed E-state index contributed by atoms with van der Waals surface area (Å²) in [6, 6.07) is 4.57. The Balaban J connectivity index is 3.11. The van der Waals surface area contributed by atoms with Crippen molar-refractivity contribution in [1.82, 2.24) is 0 Å². The second-order valence-electron chi connectivity index (χ2n) is 4.55. The molecule has 5 heteroatoms. The summed E-state index contributed by atoms with van der Waals surface area (Å²) in [6.45, 7) is 4.79. The fourth-order valence-electron chi connectivity index (χ4n) is 1.24. The smallest absolute Gasteiger partial charge is 0.417 e. The van der Waals surface area contributed by atoms with Crippen LogP contribution in [0.25, 0.3) is 0 Å². The second-order valence-corrected chi connectivity index (χ2v) is 4.55. The van der Waals surface area contributed by atoms with Gasteiger partial charge < -0.3 is 4.74 Å². The van der Waals surface area contributed by atoms with E-state index in [1.165, 1.54) is 12.1 Å². The average molecular weight is 246 g/mol. The van der Waals surface area contributed by atoms with Crippen LogP contribution in [-0.2, 0) is 10.9 Å². The molecule has 0 N–H and O–H groups in total. The van der Waals surface area contributed by atoms with E-state index in [0.29, 0.717) is 0 Å². The van der Waals surface area contributed by atoms with E-state index in [-0.39, 0.29) is 0 Å². The summed E-state index contributed by atoms with van der Waals surface area (Å²) in [5.41, 5.74) is -2.26. The van der Waals surface area contributed by atoms with Crippen molar-refractivity contribution in [2.75, 3.05) is 0 Å². The highest BCUT2D eigenvalue weighted by Gasteiger charge is 2.36. The average Bonchev–Trinajstić information content (AvgIpc) is 2.13. The molecule has 0 heterocycles. The number of ether oxygens (including phenoxy) is 1. The molecular formula is C12H13F3O2.